The first kappa shape index (κ1) is 11.0. The fraction of sp³-hybridized carbons (Fsp3) is 0.333. The normalized spacial score (nSPS) is 14.7. The van der Waals surface area contributed by atoms with Crippen molar-refractivity contribution in [3.05, 3.63) is 24.3 Å². The molecule has 3 N–H and O–H groups in total. The molecule has 0 amide bonds. The monoisotopic (exact) mass is 213 g/mol. The molecule has 1 rings (SSSR count). The summed E-state index contributed by atoms with van der Waals surface area (Å²) in [6.45, 7) is 2.36. The first-order chi connectivity index (χ1) is 6.62. The van der Waals surface area contributed by atoms with Gasteiger partial charge in [0.05, 0.1) is 4.90 Å². The number of anilines is 1. The molecule has 0 radical (unpaired) electrons. The predicted molar refractivity (Wildman–Crippen MR) is 59.3 cm³/mol. The maximum atomic E-state index is 12.2. The van der Waals surface area contributed by atoms with Gasteiger partial charge in [-0.15, -0.1) is 0 Å². The third-order valence-corrected chi connectivity index (χ3v) is 3.83. The van der Waals surface area contributed by atoms with Crippen LogP contribution in [0.25, 0.3) is 0 Å². The van der Waals surface area contributed by atoms with E-state index < -0.39 is 9.92 Å². The number of hydrogen-bond donors (Lipinski definition) is 2. The molecule has 0 heterocycles. The van der Waals surface area contributed by atoms with Crippen molar-refractivity contribution in [3.8, 4) is 0 Å². The van der Waals surface area contributed by atoms with Crippen molar-refractivity contribution in [3.63, 3.8) is 0 Å². The Morgan fingerprint density at radius 1 is 1.57 bits per heavy atom. The first-order valence-corrected chi connectivity index (χ1v) is 5.91. The summed E-state index contributed by atoms with van der Waals surface area (Å²) in [4.78, 5) is 0.627. The Hall–Kier alpha value is -1.07. The number of nitrogens with two attached hydrogens (primary N) is 1. The first-order valence-electron chi connectivity index (χ1n) is 4.39. The average Bonchev–Trinajstić information content (AvgIpc) is 2.18. The van der Waals surface area contributed by atoms with E-state index in [4.69, 9.17) is 5.73 Å². The largest absolute Gasteiger partial charge is 0.399 e. The summed E-state index contributed by atoms with van der Waals surface area (Å²) < 4.78 is 19.0. The van der Waals surface area contributed by atoms with Crippen molar-refractivity contribution < 1.29 is 4.21 Å². The summed E-state index contributed by atoms with van der Waals surface area (Å²) in [7, 11) is -0.854. The third-order valence-electron chi connectivity index (χ3n) is 1.77. The Morgan fingerprint density at radius 2 is 2.29 bits per heavy atom. The molecule has 0 aliphatic rings. The van der Waals surface area contributed by atoms with E-state index in [0.717, 1.165) is 0 Å². The Balaban J connectivity index is 3.27. The molecule has 1 atom stereocenters. The van der Waals surface area contributed by atoms with Gasteiger partial charge in [0, 0.05) is 12.2 Å². The van der Waals surface area contributed by atoms with Crippen LogP contribution in [0.1, 0.15) is 6.92 Å². The lowest BCUT2D eigenvalue weighted by Crippen LogP contribution is -2.19. The quantitative estimate of drug-likeness (QED) is 0.742. The second-order valence-corrected chi connectivity index (χ2v) is 4.94. The van der Waals surface area contributed by atoms with Gasteiger partial charge in [-0.3, -0.25) is 0 Å². The molecule has 5 heteroatoms. The number of nitrogens with zero attached hydrogens (tertiary/aromatic N) is 1. The van der Waals surface area contributed by atoms with Crippen LogP contribution >= 0.6 is 0 Å². The molecule has 0 fully saturated rings. The molecule has 1 aromatic rings. The molecule has 0 bridgehead atoms. The number of nitrogens with one attached hydrogen (secondary N) is 1. The summed E-state index contributed by atoms with van der Waals surface area (Å²) in [5.41, 5.74) is 6.21. The van der Waals surface area contributed by atoms with E-state index in [9.17, 15) is 4.21 Å². The molecule has 0 aliphatic heterocycles. The van der Waals surface area contributed by atoms with Crippen LogP contribution in [0.3, 0.4) is 0 Å². The van der Waals surface area contributed by atoms with E-state index in [-0.39, 0.29) is 0 Å². The highest BCUT2D eigenvalue weighted by molar-refractivity contribution is 7.91. The fourth-order valence-electron chi connectivity index (χ4n) is 1.13. The highest BCUT2D eigenvalue weighted by atomic mass is 32.2. The van der Waals surface area contributed by atoms with Gasteiger partial charge in [-0.2, -0.15) is 0 Å². The Kier molecular flexibility index (Phi) is 3.49. The minimum absolute atomic E-state index is 0.508. The molecule has 78 valence electrons. The van der Waals surface area contributed by atoms with Crippen LogP contribution in [0.4, 0.5) is 5.69 Å². The van der Waals surface area contributed by atoms with Crippen LogP contribution in [0.2, 0.25) is 0 Å². The average molecular weight is 213 g/mol. The Bertz CT molecular complexity index is 422. The van der Waals surface area contributed by atoms with E-state index in [1.54, 1.807) is 31.3 Å². The molecule has 0 aliphatic carbocycles. The van der Waals surface area contributed by atoms with Crippen LogP contribution in [0.15, 0.2) is 33.5 Å². The number of rotatable bonds is 3. The molecule has 0 aromatic heterocycles. The van der Waals surface area contributed by atoms with Crippen molar-refractivity contribution in [2.24, 2.45) is 4.36 Å². The minimum Gasteiger partial charge on any atom is -0.399 e. The second kappa shape index (κ2) is 4.43. The highest BCUT2D eigenvalue weighted by Crippen LogP contribution is 2.14. The lowest BCUT2D eigenvalue weighted by atomic mass is 10.3. The molecule has 0 saturated heterocycles. The highest BCUT2D eigenvalue weighted by Gasteiger charge is 2.08. The summed E-state index contributed by atoms with van der Waals surface area (Å²) in [5, 5.41) is 0. The Labute approximate surface area is 84.8 Å². The van der Waals surface area contributed by atoms with Crippen LogP contribution in [-0.2, 0) is 9.92 Å². The van der Waals surface area contributed by atoms with Crippen LogP contribution in [0.5, 0.6) is 0 Å². The standard InChI is InChI=1S/C9H15N3OS/c1-3-12-14(13,11-2)9-6-4-5-8(10)7-9/h4-7H,3,10H2,1-2H3,(H,11,12,13). The second-order valence-electron chi connectivity index (χ2n) is 2.75. The maximum Gasteiger partial charge on any atom is 0.137 e. The topological polar surface area (TPSA) is 67.5 Å². The molecule has 0 saturated carbocycles. The van der Waals surface area contributed by atoms with Gasteiger partial charge in [-0.1, -0.05) is 6.07 Å². The van der Waals surface area contributed by atoms with Crippen LogP contribution in [0, 0.1) is 0 Å². The van der Waals surface area contributed by atoms with Crippen molar-refractivity contribution >= 4 is 15.6 Å². The van der Waals surface area contributed by atoms with Gasteiger partial charge in [0.15, 0.2) is 0 Å². The van der Waals surface area contributed by atoms with Gasteiger partial charge in [-0.05, 0) is 32.2 Å². The van der Waals surface area contributed by atoms with Crippen molar-refractivity contribution in [2.75, 3.05) is 19.3 Å². The molecule has 1 aromatic carbocycles. The van der Waals surface area contributed by atoms with Crippen molar-refractivity contribution in [1.82, 2.24) is 4.72 Å². The summed E-state index contributed by atoms with van der Waals surface area (Å²) in [5.74, 6) is 0. The van der Waals surface area contributed by atoms with E-state index in [0.29, 0.717) is 17.1 Å². The maximum absolute atomic E-state index is 12.2. The lowest BCUT2D eigenvalue weighted by molar-refractivity contribution is 0.669. The smallest absolute Gasteiger partial charge is 0.137 e. The molecule has 14 heavy (non-hydrogen) atoms. The molecular weight excluding hydrogens is 198 g/mol. The van der Waals surface area contributed by atoms with Crippen LogP contribution < -0.4 is 10.5 Å². The zero-order valence-electron chi connectivity index (χ0n) is 8.36. The molecule has 0 spiro atoms. The van der Waals surface area contributed by atoms with Crippen molar-refractivity contribution in [1.29, 1.82) is 0 Å². The number of nitrogen functional groups attached to an aromatic ring is 1. The fourth-order valence-corrected chi connectivity index (χ4v) is 2.56. The van der Waals surface area contributed by atoms with Gasteiger partial charge in [0.25, 0.3) is 0 Å². The van der Waals surface area contributed by atoms with E-state index in [2.05, 4.69) is 9.08 Å². The minimum atomic E-state index is -2.48. The molecule has 1 unspecified atom stereocenters. The summed E-state index contributed by atoms with van der Waals surface area (Å²) >= 11 is 0. The number of benzene rings is 1. The summed E-state index contributed by atoms with van der Waals surface area (Å²) in [6.07, 6.45) is 0. The SMILES string of the molecule is CCN=S(=O)(NC)c1cccc(N)c1. The van der Waals surface area contributed by atoms with E-state index in [1.165, 1.54) is 0 Å². The van der Waals surface area contributed by atoms with Gasteiger partial charge in [-0.25, -0.2) is 13.3 Å². The van der Waals surface area contributed by atoms with Gasteiger partial charge < -0.3 is 5.73 Å². The lowest BCUT2D eigenvalue weighted by Gasteiger charge is -2.08. The van der Waals surface area contributed by atoms with Gasteiger partial charge in [0.1, 0.15) is 9.92 Å². The summed E-state index contributed by atoms with van der Waals surface area (Å²) in [6, 6.07) is 6.96. The molecule has 4 nitrogen and oxygen atoms in total. The zero-order valence-corrected chi connectivity index (χ0v) is 9.17. The van der Waals surface area contributed by atoms with E-state index >= 15 is 0 Å². The predicted octanol–water partition coefficient (Wildman–Crippen LogP) is 1.25. The van der Waals surface area contributed by atoms with Crippen molar-refractivity contribution in [2.45, 2.75) is 11.8 Å². The third kappa shape index (κ3) is 2.24. The van der Waals surface area contributed by atoms with Gasteiger partial charge in [0.2, 0.25) is 0 Å². The zero-order chi connectivity index (χ0) is 10.6. The van der Waals surface area contributed by atoms with Gasteiger partial charge >= 0.3 is 0 Å². The number of hydrogen-bond acceptors (Lipinski definition) is 3. The van der Waals surface area contributed by atoms with E-state index in [1.807, 2.05) is 6.92 Å². The van der Waals surface area contributed by atoms with Crippen LogP contribution in [-0.4, -0.2) is 17.8 Å². The molecular formula is C9H15N3OS. The Morgan fingerprint density at radius 3 is 2.79 bits per heavy atom.